The predicted molar refractivity (Wildman–Crippen MR) is 93.6 cm³/mol. The van der Waals surface area contributed by atoms with E-state index in [-0.39, 0.29) is 10.9 Å². The standard InChI is InChI=1S/C17H30N2O2Si/c1-17(2,3)22(4,5)21-14-10-6-8-13-19-16(20)15-11-7-9-12-18-15/h7,9,11-12H,6,8,10,13-14H2,1-5H3,(H,19,20). The quantitative estimate of drug-likeness (QED) is 0.581. The van der Waals surface area contributed by atoms with Gasteiger partial charge in [-0.15, -0.1) is 0 Å². The van der Waals surface area contributed by atoms with Gasteiger partial charge in [-0.3, -0.25) is 9.78 Å². The molecule has 1 rings (SSSR count). The summed E-state index contributed by atoms with van der Waals surface area (Å²) in [4.78, 5) is 15.8. The summed E-state index contributed by atoms with van der Waals surface area (Å²) in [5.74, 6) is -0.0990. The fourth-order valence-electron chi connectivity index (χ4n) is 1.74. The number of unbranched alkanes of at least 4 members (excludes halogenated alkanes) is 2. The lowest BCUT2D eigenvalue weighted by molar-refractivity contribution is 0.0948. The third kappa shape index (κ3) is 6.28. The molecule has 4 nitrogen and oxygen atoms in total. The van der Waals surface area contributed by atoms with Crippen molar-refractivity contribution in [1.29, 1.82) is 0 Å². The van der Waals surface area contributed by atoms with Crippen LogP contribution in [0.2, 0.25) is 18.1 Å². The Kier molecular flexibility index (Phi) is 7.23. The van der Waals surface area contributed by atoms with Crippen LogP contribution in [0.1, 0.15) is 50.5 Å². The zero-order valence-corrected chi connectivity index (χ0v) is 15.6. The van der Waals surface area contributed by atoms with E-state index in [4.69, 9.17) is 4.43 Å². The lowest BCUT2D eigenvalue weighted by Crippen LogP contribution is -2.40. The molecule has 0 aliphatic rings. The first-order valence-corrected chi connectivity index (χ1v) is 11.0. The maximum atomic E-state index is 11.8. The molecule has 124 valence electrons. The molecule has 0 aromatic carbocycles. The summed E-state index contributed by atoms with van der Waals surface area (Å²) in [5.41, 5.74) is 0.476. The minimum atomic E-state index is -1.61. The number of rotatable bonds is 8. The molecule has 0 spiro atoms. The van der Waals surface area contributed by atoms with Crippen molar-refractivity contribution < 1.29 is 9.22 Å². The maximum Gasteiger partial charge on any atom is 0.269 e. The second kappa shape index (κ2) is 8.43. The van der Waals surface area contributed by atoms with Gasteiger partial charge in [0.1, 0.15) is 5.69 Å². The Morgan fingerprint density at radius 2 is 1.95 bits per heavy atom. The minimum Gasteiger partial charge on any atom is -0.417 e. The largest absolute Gasteiger partial charge is 0.417 e. The fourth-order valence-corrected chi connectivity index (χ4v) is 2.82. The minimum absolute atomic E-state index is 0.0990. The summed E-state index contributed by atoms with van der Waals surface area (Å²) in [6, 6.07) is 5.35. The molecule has 5 heteroatoms. The van der Waals surface area contributed by atoms with E-state index in [1.165, 1.54) is 0 Å². The zero-order chi connectivity index (χ0) is 16.6. The smallest absolute Gasteiger partial charge is 0.269 e. The van der Waals surface area contributed by atoms with Gasteiger partial charge in [0.2, 0.25) is 0 Å². The number of pyridine rings is 1. The van der Waals surface area contributed by atoms with E-state index in [0.29, 0.717) is 12.2 Å². The average Bonchev–Trinajstić information content (AvgIpc) is 2.45. The van der Waals surface area contributed by atoms with Gasteiger partial charge < -0.3 is 9.74 Å². The highest BCUT2D eigenvalue weighted by Gasteiger charge is 2.36. The Labute approximate surface area is 135 Å². The zero-order valence-electron chi connectivity index (χ0n) is 14.6. The molecule has 0 saturated carbocycles. The molecule has 1 heterocycles. The summed E-state index contributed by atoms with van der Waals surface area (Å²) < 4.78 is 6.13. The van der Waals surface area contributed by atoms with Gasteiger partial charge >= 0.3 is 0 Å². The van der Waals surface area contributed by atoms with E-state index in [1.54, 1.807) is 18.3 Å². The van der Waals surface area contributed by atoms with Crippen molar-refractivity contribution in [3.05, 3.63) is 30.1 Å². The molecule has 0 aliphatic carbocycles. The van der Waals surface area contributed by atoms with Crippen LogP contribution in [-0.2, 0) is 4.43 Å². The van der Waals surface area contributed by atoms with Gasteiger partial charge in [-0.05, 0) is 49.5 Å². The van der Waals surface area contributed by atoms with Crippen molar-refractivity contribution in [2.45, 2.75) is 58.2 Å². The summed E-state index contributed by atoms with van der Waals surface area (Å²) >= 11 is 0. The van der Waals surface area contributed by atoms with Crippen molar-refractivity contribution >= 4 is 14.2 Å². The Morgan fingerprint density at radius 3 is 2.55 bits per heavy atom. The molecule has 0 fully saturated rings. The molecule has 1 amide bonds. The molecule has 0 saturated heterocycles. The second-order valence-electron chi connectivity index (χ2n) is 7.14. The third-order valence-corrected chi connectivity index (χ3v) is 8.81. The van der Waals surface area contributed by atoms with Crippen molar-refractivity contribution in [2.24, 2.45) is 0 Å². The number of nitrogens with zero attached hydrogens (tertiary/aromatic N) is 1. The fraction of sp³-hybridized carbons (Fsp3) is 0.647. The van der Waals surface area contributed by atoms with Crippen molar-refractivity contribution in [2.75, 3.05) is 13.2 Å². The molecule has 0 atom stereocenters. The third-order valence-electron chi connectivity index (χ3n) is 4.27. The lowest BCUT2D eigenvalue weighted by atomic mass is 10.2. The number of hydrogen-bond acceptors (Lipinski definition) is 3. The average molecular weight is 323 g/mol. The van der Waals surface area contributed by atoms with Crippen molar-refractivity contribution in [3.8, 4) is 0 Å². The highest BCUT2D eigenvalue weighted by atomic mass is 28.4. The van der Waals surface area contributed by atoms with Crippen LogP contribution >= 0.6 is 0 Å². The molecule has 0 radical (unpaired) electrons. The SMILES string of the molecule is CC(C)(C)[Si](C)(C)OCCCCCNC(=O)c1ccccn1. The number of aromatic nitrogens is 1. The first-order valence-electron chi connectivity index (χ1n) is 8.07. The van der Waals surface area contributed by atoms with Crippen LogP contribution in [0, 0.1) is 0 Å². The summed E-state index contributed by atoms with van der Waals surface area (Å²) in [5, 5.41) is 3.16. The number of amides is 1. The van der Waals surface area contributed by atoms with Gasteiger partial charge in [-0.25, -0.2) is 0 Å². The topological polar surface area (TPSA) is 51.2 Å². The summed E-state index contributed by atoms with van der Waals surface area (Å²) in [7, 11) is -1.61. The van der Waals surface area contributed by atoms with Crippen LogP contribution < -0.4 is 5.32 Å². The van der Waals surface area contributed by atoms with Crippen molar-refractivity contribution in [3.63, 3.8) is 0 Å². The summed E-state index contributed by atoms with van der Waals surface area (Å²) in [6.07, 6.45) is 4.72. The molecular weight excluding hydrogens is 292 g/mol. The summed E-state index contributed by atoms with van der Waals surface area (Å²) in [6.45, 7) is 12.8. The number of nitrogens with one attached hydrogen (secondary N) is 1. The number of hydrogen-bond donors (Lipinski definition) is 1. The second-order valence-corrected chi connectivity index (χ2v) is 11.9. The molecule has 0 aliphatic heterocycles. The van der Waals surface area contributed by atoms with Gasteiger partial charge in [-0.1, -0.05) is 26.8 Å². The van der Waals surface area contributed by atoms with E-state index in [2.05, 4.69) is 44.2 Å². The van der Waals surface area contributed by atoms with Gasteiger partial charge in [0.25, 0.3) is 5.91 Å². The van der Waals surface area contributed by atoms with Gasteiger partial charge in [0.15, 0.2) is 8.32 Å². The predicted octanol–water partition coefficient (Wildman–Crippen LogP) is 4.00. The first-order chi connectivity index (χ1) is 10.2. The van der Waals surface area contributed by atoms with Crippen LogP contribution in [0.15, 0.2) is 24.4 Å². The van der Waals surface area contributed by atoms with Gasteiger partial charge in [-0.2, -0.15) is 0 Å². The Bertz CT molecular complexity index is 455. The van der Waals surface area contributed by atoms with Crippen LogP contribution in [0.3, 0.4) is 0 Å². The van der Waals surface area contributed by atoms with Crippen LogP contribution in [-0.4, -0.2) is 32.4 Å². The van der Waals surface area contributed by atoms with Gasteiger partial charge in [0.05, 0.1) is 0 Å². The van der Waals surface area contributed by atoms with Gasteiger partial charge in [0, 0.05) is 19.3 Å². The van der Waals surface area contributed by atoms with E-state index >= 15 is 0 Å². The van der Waals surface area contributed by atoms with Crippen LogP contribution in [0.5, 0.6) is 0 Å². The number of carbonyl (C=O) groups is 1. The normalized spacial score (nSPS) is 12.2. The van der Waals surface area contributed by atoms with E-state index in [1.807, 2.05) is 6.07 Å². The first kappa shape index (κ1) is 18.8. The molecule has 0 bridgehead atoms. The molecule has 1 aromatic heterocycles. The van der Waals surface area contributed by atoms with Crippen LogP contribution in [0.4, 0.5) is 0 Å². The Morgan fingerprint density at radius 1 is 1.23 bits per heavy atom. The lowest BCUT2D eigenvalue weighted by Gasteiger charge is -2.36. The molecule has 22 heavy (non-hydrogen) atoms. The highest BCUT2D eigenvalue weighted by Crippen LogP contribution is 2.36. The Hall–Kier alpha value is -1.20. The highest BCUT2D eigenvalue weighted by molar-refractivity contribution is 6.74. The molecule has 1 N–H and O–H groups in total. The van der Waals surface area contributed by atoms with Crippen LogP contribution in [0.25, 0.3) is 0 Å². The van der Waals surface area contributed by atoms with E-state index in [9.17, 15) is 4.79 Å². The Balaban J connectivity index is 2.11. The molecule has 0 unspecified atom stereocenters. The van der Waals surface area contributed by atoms with E-state index in [0.717, 1.165) is 25.9 Å². The monoisotopic (exact) mass is 322 g/mol. The number of carbonyl (C=O) groups excluding carboxylic acids is 1. The molecule has 1 aromatic rings. The molecular formula is C17H30N2O2Si. The van der Waals surface area contributed by atoms with Crippen molar-refractivity contribution in [1.82, 2.24) is 10.3 Å². The van der Waals surface area contributed by atoms with E-state index < -0.39 is 8.32 Å². The maximum absolute atomic E-state index is 11.8.